The number of aryl methyl sites for hydroxylation is 1. The van der Waals surface area contributed by atoms with Gasteiger partial charge in [0.2, 0.25) is 0 Å². The molecule has 6 heteroatoms. The van der Waals surface area contributed by atoms with Gasteiger partial charge < -0.3 is 10.1 Å². The molecule has 0 aliphatic heterocycles. The fraction of sp³-hybridized carbons (Fsp3) is 0.0500. The Morgan fingerprint density at radius 2 is 1.77 bits per heavy atom. The third-order valence-corrected chi connectivity index (χ3v) is 3.75. The molecular weight excluding hydrogens is 346 g/mol. The van der Waals surface area contributed by atoms with Gasteiger partial charge in [0.25, 0.3) is 5.91 Å². The molecule has 1 heterocycles. The van der Waals surface area contributed by atoms with E-state index in [1.165, 1.54) is 0 Å². The van der Waals surface area contributed by atoms with E-state index >= 15 is 0 Å². The molecule has 0 aliphatic rings. The topological polar surface area (TPSA) is 63.2 Å². The van der Waals surface area contributed by atoms with E-state index < -0.39 is 0 Å². The van der Waals surface area contributed by atoms with Crippen LogP contribution in [-0.2, 0) is 0 Å². The zero-order chi connectivity index (χ0) is 18.4. The van der Waals surface area contributed by atoms with Gasteiger partial charge in [-0.2, -0.15) is 0 Å². The number of carbonyl (C=O) groups is 1. The summed E-state index contributed by atoms with van der Waals surface area (Å²) in [7, 11) is 0. The first-order chi connectivity index (χ1) is 12.6. The molecule has 0 radical (unpaired) electrons. The van der Waals surface area contributed by atoms with Crippen molar-refractivity contribution >= 4 is 28.9 Å². The van der Waals surface area contributed by atoms with Crippen LogP contribution < -0.4 is 15.4 Å². The lowest BCUT2D eigenvalue weighted by Crippen LogP contribution is -2.34. The van der Waals surface area contributed by atoms with Crippen LogP contribution >= 0.6 is 12.2 Å². The molecule has 0 aliphatic carbocycles. The zero-order valence-corrected chi connectivity index (χ0v) is 14.9. The number of hydrogen-bond donors (Lipinski definition) is 2. The molecule has 0 saturated heterocycles. The van der Waals surface area contributed by atoms with Crippen LogP contribution in [0.4, 0.5) is 5.69 Å². The van der Waals surface area contributed by atoms with Gasteiger partial charge in [-0.1, -0.05) is 24.3 Å². The van der Waals surface area contributed by atoms with E-state index in [2.05, 4.69) is 15.6 Å². The van der Waals surface area contributed by atoms with E-state index in [4.69, 9.17) is 17.0 Å². The predicted octanol–water partition coefficient (Wildman–Crippen LogP) is 4.31. The molecule has 2 aromatic carbocycles. The number of ether oxygens (including phenoxy) is 1. The highest BCUT2D eigenvalue weighted by Gasteiger charge is 2.11. The molecule has 2 N–H and O–H groups in total. The van der Waals surface area contributed by atoms with Crippen LogP contribution in [0.5, 0.6) is 11.5 Å². The molecule has 26 heavy (non-hydrogen) atoms. The molecule has 5 nitrogen and oxygen atoms in total. The number of pyridine rings is 1. The Kier molecular flexibility index (Phi) is 5.56. The van der Waals surface area contributed by atoms with Crippen LogP contribution in [0, 0.1) is 6.92 Å². The lowest BCUT2D eigenvalue weighted by Gasteiger charge is -2.12. The van der Waals surface area contributed by atoms with Crippen molar-refractivity contribution in [1.82, 2.24) is 10.3 Å². The van der Waals surface area contributed by atoms with Crippen molar-refractivity contribution in [2.75, 3.05) is 5.32 Å². The maximum Gasteiger partial charge on any atom is 0.259 e. The summed E-state index contributed by atoms with van der Waals surface area (Å²) in [5.41, 5.74) is 1.84. The number of hydrogen-bond acceptors (Lipinski definition) is 4. The quantitative estimate of drug-likeness (QED) is 0.676. The van der Waals surface area contributed by atoms with E-state index in [9.17, 15) is 4.79 Å². The van der Waals surface area contributed by atoms with Crippen LogP contribution in [0.15, 0.2) is 72.9 Å². The number of nitrogens with zero attached hydrogens (tertiary/aromatic N) is 1. The fourth-order valence-electron chi connectivity index (χ4n) is 2.32. The van der Waals surface area contributed by atoms with Crippen LogP contribution in [0.3, 0.4) is 0 Å². The number of amides is 1. The number of thiocarbonyl (C=S) groups is 1. The third-order valence-electron chi connectivity index (χ3n) is 3.55. The van der Waals surface area contributed by atoms with Gasteiger partial charge in [0.15, 0.2) is 5.11 Å². The average Bonchev–Trinajstić information content (AvgIpc) is 2.63. The second-order valence-corrected chi connectivity index (χ2v) is 5.90. The van der Waals surface area contributed by atoms with Gasteiger partial charge >= 0.3 is 0 Å². The summed E-state index contributed by atoms with van der Waals surface area (Å²) >= 11 is 5.22. The van der Waals surface area contributed by atoms with Crippen molar-refractivity contribution < 1.29 is 9.53 Å². The summed E-state index contributed by atoms with van der Waals surface area (Å²) in [6, 6.07) is 20.2. The average molecular weight is 363 g/mol. The fourth-order valence-corrected chi connectivity index (χ4v) is 2.53. The number of benzene rings is 2. The highest BCUT2D eigenvalue weighted by molar-refractivity contribution is 7.80. The van der Waals surface area contributed by atoms with Gasteiger partial charge in [0.1, 0.15) is 11.5 Å². The number of rotatable bonds is 4. The number of anilines is 1. The minimum atomic E-state index is -0.301. The standard InChI is InChI=1S/C20H17N3O2S/c1-14-18(11-6-12-21-14)19(24)23-20(26)22-15-7-5-10-17(13-15)25-16-8-3-2-4-9-16/h2-13H,1H3,(H2,22,23,24,26). The van der Waals surface area contributed by atoms with Crippen molar-refractivity contribution in [2.24, 2.45) is 0 Å². The van der Waals surface area contributed by atoms with Crippen molar-refractivity contribution in [3.05, 3.63) is 84.2 Å². The van der Waals surface area contributed by atoms with Gasteiger partial charge in [0, 0.05) is 23.6 Å². The highest BCUT2D eigenvalue weighted by atomic mass is 32.1. The summed E-state index contributed by atoms with van der Waals surface area (Å²) < 4.78 is 5.79. The van der Waals surface area contributed by atoms with E-state index in [1.807, 2.05) is 48.5 Å². The zero-order valence-electron chi connectivity index (χ0n) is 14.1. The molecule has 0 spiro atoms. The molecule has 3 aromatic rings. The molecule has 0 atom stereocenters. The normalized spacial score (nSPS) is 10.0. The highest BCUT2D eigenvalue weighted by Crippen LogP contribution is 2.23. The molecule has 130 valence electrons. The first kappa shape index (κ1) is 17.6. The smallest absolute Gasteiger partial charge is 0.259 e. The Morgan fingerprint density at radius 1 is 1.00 bits per heavy atom. The number of aromatic nitrogens is 1. The van der Waals surface area contributed by atoms with E-state index in [0.717, 1.165) is 5.75 Å². The summed E-state index contributed by atoms with van der Waals surface area (Å²) in [6.07, 6.45) is 1.64. The van der Waals surface area contributed by atoms with Crippen LogP contribution in [0.1, 0.15) is 16.1 Å². The molecule has 1 aromatic heterocycles. The summed E-state index contributed by atoms with van der Waals surface area (Å²) in [5.74, 6) is 1.11. The maximum atomic E-state index is 12.3. The van der Waals surface area contributed by atoms with Crippen molar-refractivity contribution in [3.63, 3.8) is 0 Å². The molecule has 0 bridgehead atoms. The lowest BCUT2D eigenvalue weighted by atomic mass is 10.2. The van der Waals surface area contributed by atoms with E-state index in [1.54, 1.807) is 31.3 Å². The third kappa shape index (κ3) is 4.64. The second-order valence-electron chi connectivity index (χ2n) is 5.49. The van der Waals surface area contributed by atoms with Gasteiger partial charge in [-0.3, -0.25) is 15.1 Å². The van der Waals surface area contributed by atoms with Gasteiger partial charge in [-0.15, -0.1) is 0 Å². The Morgan fingerprint density at radius 3 is 2.54 bits per heavy atom. The molecule has 0 unspecified atom stereocenters. The second kappa shape index (κ2) is 8.22. The SMILES string of the molecule is Cc1ncccc1C(=O)NC(=S)Nc1cccc(Oc2ccccc2)c1. The number of para-hydroxylation sites is 1. The van der Waals surface area contributed by atoms with Gasteiger partial charge in [-0.25, -0.2) is 0 Å². The van der Waals surface area contributed by atoms with E-state index in [0.29, 0.717) is 22.7 Å². The monoisotopic (exact) mass is 363 g/mol. The Labute approximate surface area is 157 Å². The predicted molar refractivity (Wildman–Crippen MR) is 106 cm³/mol. The van der Waals surface area contributed by atoms with Gasteiger partial charge in [-0.05, 0) is 55.5 Å². The number of carbonyl (C=O) groups excluding carboxylic acids is 1. The van der Waals surface area contributed by atoms with Crippen LogP contribution in [0.25, 0.3) is 0 Å². The van der Waals surface area contributed by atoms with Crippen LogP contribution in [0.2, 0.25) is 0 Å². The van der Waals surface area contributed by atoms with Gasteiger partial charge in [0.05, 0.1) is 5.56 Å². The molecule has 0 saturated carbocycles. The lowest BCUT2D eigenvalue weighted by molar-refractivity contribution is 0.0976. The Bertz CT molecular complexity index is 929. The number of nitrogens with one attached hydrogen (secondary N) is 2. The molecule has 3 rings (SSSR count). The first-order valence-corrected chi connectivity index (χ1v) is 8.39. The van der Waals surface area contributed by atoms with Crippen molar-refractivity contribution in [3.8, 4) is 11.5 Å². The summed E-state index contributed by atoms with van der Waals surface area (Å²) in [4.78, 5) is 16.4. The molecular formula is C20H17N3O2S. The minimum Gasteiger partial charge on any atom is -0.457 e. The first-order valence-electron chi connectivity index (χ1n) is 7.99. The summed E-state index contributed by atoms with van der Waals surface area (Å²) in [6.45, 7) is 1.77. The Hall–Kier alpha value is -3.25. The largest absolute Gasteiger partial charge is 0.457 e. The molecule has 1 amide bonds. The van der Waals surface area contributed by atoms with Crippen molar-refractivity contribution in [2.45, 2.75) is 6.92 Å². The Balaban J connectivity index is 1.63. The maximum absolute atomic E-state index is 12.3. The summed E-state index contributed by atoms with van der Waals surface area (Å²) in [5, 5.41) is 5.85. The van der Waals surface area contributed by atoms with Crippen LogP contribution in [-0.4, -0.2) is 16.0 Å². The molecule has 0 fully saturated rings. The minimum absolute atomic E-state index is 0.204. The van der Waals surface area contributed by atoms with E-state index in [-0.39, 0.29) is 11.0 Å². The van der Waals surface area contributed by atoms with Crippen molar-refractivity contribution in [1.29, 1.82) is 0 Å².